The Morgan fingerprint density at radius 2 is 1.67 bits per heavy atom. The molecule has 1 amide bonds. The number of hydrogen-bond acceptors (Lipinski definition) is 4. The number of nitrogens with one attached hydrogen (secondary N) is 2. The van der Waals surface area contributed by atoms with Gasteiger partial charge in [0.05, 0.1) is 11.4 Å². The van der Waals surface area contributed by atoms with Crippen molar-refractivity contribution in [2.24, 2.45) is 0 Å². The van der Waals surface area contributed by atoms with Crippen LogP contribution >= 0.6 is 0 Å². The molecule has 0 saturated heterocycles. The van der Waals surface area contributed by atoms with E-state index < -0.39 is 10.0 Å². The maximum Gasteiger partial charge on any atom is 0.251 e. The Balaban J connectivity index is 1.45. The highest BCUT2D eigenvalue weighted by atomic mass is 32.2. The number of rotatable bonds is 8. The van der Waals surface area contributed by atoms with E-state index in [1.807, 2.05) is 41.2 Å². The van der Waals surface area contributed by atoms with Crippen LogP contribution in [0.15, 0.2) is 96.2 Å². The minimum Gasteiger partial charge on any atom is -0.348 e. The lowest BCUT2D eigenvalue weighted by molar-refractivity contribution is 0.0951. The first kappa shape index (κ1) is 22.4. The van der Waals surface area contributed by atoms with E-state index in [9.17, 15) is 13.2 Å². The largest absolute Gasteiger partial charge is 0.348 e. The molecule has 3 aromatic carbocycles. The molecule has 0 saturated carbocycles. The standard InChI is InChI=1S/C25H24N4O3S/c1-26-33(31,32)23-13-11-21(12-14-23)25(30)27-17-22-5-2-3-6-24(22)20-9-7-19(8-10-20)18-29-16-4-15-28-29/h2-16,26H,17-18H2,1H3,(H,27,30). The second-order valence-electron chi connectivity index (χ2n) is 7.47. The summed E-state index contributed by atoms with van der Waals surface area (Å²) in [5.74, 6) is -0.271. The van der Waals surface area contributed by atoms with Crippen LogP contribution in [0.2, 0.25) is 0 Å². The van der Waals surface area contributed by atoms with Crippen molar-refractivity contribution >= 4 is 15.9 Å². The van der Waals surface area contributed by atoms with Crippen molar-refractivity contribution < 1.29 is 13.2 Å². The first-order valence-corrected chi connectivity index (χ1v) is 11.9. The van der Waals surface area contributed by atoms with Crippen LogP contribution < -0.4 is 10.0 Å². The number of carbonyl (C=O) groups is 1. The van der Waals surface area contributed by atoms with Gasteiger partial charge in [-0.15, -0.1) is 0 Å². The minimum absolute atomic E-state index is 0.114. The Hall–Kier alpha value is -3.75. The van der Waals surface area contributed by atoms with Crippen molar-refractivity contribution in [3.8, 4) is 11.1 Å². The van der Waals surface area contributed by atoms with Gasteiger partial charge >= 0.3 is 0 Å². The van der Waals surface area contributed by atoms with Crippen LogP contribution in [-0.2, 0) is 23.1 Å². The predicted molar refractivity (Wildman–Crippen MR) is 127 cm³/mol. The Morgan fingerprint density at radius 1 is 0.939 bits per heavy atom. The third kappa shape index (κ3) is 5.36. The summed E-state index contributed by atoms with van der Waals surface area (Å²) in [5.41, 5.74) is 4.63. The first-order valence-electron chi connectivity index (χ1n) is 10.4. The molecule has 2 N–H and O–H groups in total. The van der Waals surface area contributed by atoms with Gasteiger partial charge in [0.1, 0.15) is 0 Å². The molecule has 0 fully saturated rings. The lowest BCUT2D eigenvalue weighted by atomic mass is 9.98. The molecule has 0 bridgehead atoms. The molecule has 0 aliphatic rings. The van der Waals surface area contributed by atoms with E-state index in [0.717, 1.165) is 22.3 Å². The molecule has 0 radical (unpaired) electrons. The molecule has 1 aromatic heterocycles. The summed E-state index contributed by atoms with van der Waals surface area (Å²) in [7, 11) is -2.19. The first-order chi connectivity index (χ1) is 16.0. The smallest absolute Gasteiger partial charge is 0.251 e. The van der Waals surface area contributed by atoms with Crippen LogP contribution in [0.25, 0.3) is 11.1 Å². The molecule has 33 heavy (non-hydrogen) atoms. The summed E-state index contributed by atoms with van der Waals surface area (Å²) in [4.78, 5) is 12.7. The number of hydrogen-bond donors (Lipinski definition) is 2. The molecule has 0 aliphatic carbocycles. The van der Waals surface area contributed by atoms with Gasteiger partial charge in [0.2, 0.25) is 10.0 Å². The fraction of sp³-hybridized carbons (Fsp3) is 0.120. The van der Waals surface area contributed by atoms with Crippen molar-refractivity contribution in [1.29, 1.82) is 0 Å². The van der Waals surface area contributed by atoms with E-state index in [-0.39, 0.29) is 10.8 Å². The van der Waals surface area contributed by atoms with Gasteiger partial charge in [-0.2, -0.15) is 5.10 Å². The number of aromatic nitrogens is 2. The van der Waals surface area contributed by atoms with Gasteiger partial charge in [-0.25, -0.2) is 13.1 Å². The summed E-state index contributed by atoms with van der Waals surface area (Å²) >= 11 is 0. The summed E-state index contributed by atoms with van der Waals surface area (Å²) in [6.45, 7) is 1.06. The van der Waals surface area contributed by atoms with Crippen molar-refractivity contribution in [3.05, 3.63) is 108 Å². The Bertz CT molecular complexity index is 1330. The molecule has 4 rings (SSSR count). The van der Waals surface area contributed by atoms with Gasteiger partial charge in [0.15, 0.2) is 0 Å². The maximum absolute atomic E-state index is 12.6. The SMILES string of the molecule is CNS(=O)(=O)c1ccc(C(=O)NCc2ccccc2-c2ccc(Cn3cccn3)cc2)cc1. The summed E-state index contributed by atoms with van der Waals surface area (Å²) in [6.07, 6.45) is 3.69. The highest BCUT2D eigenvalue weighted by Gasteiger charge is 2.13. The zero-order chi connectivity index (χ0) is 23.3. The van der Waals surface area contributed by atoms with Gasteiger partial charge in [-0.3, -0.25) is 9.48 Å². The predicted octanol–water partition coefficient (Wildman–Crippen LogP) is 3.44. The summed E-state index contributed by atoms with van der Waals surface area (Å²) < 4.78 is 27.8. The third-order valence-corrected chi connectivity index (χ3v) is 6.75. The number of nitrogens with zero attached hydrogens (tertiary/aromatic N) is 2. The highest BCUT2D eigenvalue weighted by Crippen LogP contribution is 2.24. The second kappa shape index (κ2) is 9.81. The van der Waals surface area contributed by atoms with Gasteiger partial charge in [-0.05, 0) is 59.6 Å². The van der Waals surface area contributed by atoms with E-state index in [2.05, 4.69) is 39.4 Å². The van der Waals surface area contributed by atoms with Gasteiger partial charge in [-0.1, -0.05) is 48.5 Å². The molecule has 168 valence electrons. The van der Waals surface area contributed by atoms with Crippen LogP contribution in [0.3, 0.4) is 0 Å². The van der Waals surface area contributed by atoms with Gasteiger partial charge < -0.3 is 5.32 Å². The van der Waals surface area contributed by atoms with Crippen LogP contribution in [0.1, 0.15) is 21.5 Å². The molecular weight excluding hydrogens is 436 g/mol. The molecule has 0 aliphatic heterocycles. The molecule has 7 nitrogen and oxygen atoms in total. The number of carbonyl (C=O) groups excluding carboxylic acids is 1. The lowest BCUT2D eigenvalue weighted by Crippen LogP contribution is -2.23. The van der Waals surface area contributed by atoms with Crippen LogP contribution in [0.5, 0.6) is 0 Å². The second-order valence-corrected chi connectivity index (χ2v) is 9.36. The Labute approximate surface area is 193 Å². The van der Waals surface area contributed by atoms with Crippen LogP contribution in [-0.4, -0.2) is 31.2 Å². The fourth-order valence-corrected chi connectivity index (χ4v) is 4.24. The van der Waals surface area contributed by atoms with E-state index in [1.54, 1.807) is 6.20 Å². The Kier molecular flexibility index (Phi) is 6.67. The van der Waals surface area contributed by atoms with Gasteiger partial charge in [0, 0.05) is 24.5 Å². The van der Waals surface area contributed by atoms with Crippen molar-refractivity contribution in [3.63, 3.8) is 0 Å². The number of amides is 1. The van der Waals surface area contributed by atoms with Crippen LogP contribution in [0, 0.1) is 0 Å². The monoisotopic (exact) mass is 460 g/mol. The molecule has 0 spiro atoms. The molecule has 8 heteroatoms. The van der Waals surface area contributed by atoms with E-state index in [1.165, 1.54) is 31.3 Å². The molecule has 0 atom stereocenters. The Morgan fingerprint density at radius 3 is 2.33 bits per heavy atom. The number of sulfonamides is 1. The molecule has 0 unspecified atom stereocenters. The topological polar surface area (TPSA) is 93.1 Å². The van der Waals surface area contributed by atoms with Gasteiger partial charge in [0.25, 0.3) is 5.91 Å². The quantitative estimate of drug-likeness (QED) is 0.421. The molecule has 1 heterocycles. The van der Waals surface area contributed by atoms with E-state index in [0.29, 0.717) is 18.7 Å². The fourth-order valence-electron chi connectivity index (χ4n) is 3.51. The third-order valence-electron chi connectivity index (χ3n) is 5.32. The van der Waals surface area contributed by atoms with Crippen molar-refractivity contribution in [2.45, 2.75) is 18.0 Å². The lowest BCUT2D eigenvalue weighted by Gasteiger charge is -2.12. The highest BCUT2D eigenvalue weighted by molar-refractivity contribution is 7.89. The van der Waals surface area contributed by atoms with Crippen molar-refractivity contribution in [1.82, 2.24) is 19.8 Å². The average molecular weight is 461 g/mol. The van der Waals surface area contributed by atoms with E-state index >= 15 is 0 Å². The molecule has 4 aromatic rings. The molecular formula is C25H24N4O3S. The zero-order valence-corrected chi connectivity index (χ0v) is 18.9. The maximum atomic E-state index is 12.6. The zero-order valence-electron chi connectivity index (χ0n) is 18.1. The normalized spacial score (nSPS) is 11.3. The van der Waals surface area contributed by atoms with E-state index in [4.69, 9.17) is 0 Å². The minimum atomic E-state index is -3.54. The van der Waals surface area contributed by atoms with Crippen molar-refractivity contribution in [2.75, 3.05) is 7.05 Å². The average Bonchev–Trinajstić information content (AvgIpc) is 3.36. The number of benzene rings is 3. The van der Waals surface area contributed by atoms with Crippen LogP contribution in [0.4, 0.5) is 0 Å². The summed E-state index contributed by atoms with van der Waals surface area (Å²) in [5, 5.41) is 7.16. The summed E-state index contributed by atoms with van der Waals surface area (Å²) in [6, 6.07) is 24.0.